The van der Waals surface area contributed by atoms with E-state index in [-0.39, 0.29) is 23.7 Å². The van der Waals surface area contributed by atoms with Gasteiger partial charge in [-0.25, -0.2) is 8.42 Å². The average Bonchev–Trinajstić information content (AvgIpc) is 2.38. The first-order chi connectivity index (χ1) is 8.47. The van der Waals surface area contributed by atoms with Crippen molar-refractivity contribution in [1.82, 2.24) is 4.31 Å². The second-order valence-electron chi connectivity index (χ2n) is 3.63. The van der Waals surface area contributed by atoms with E-state index in [4.69, 9.17) is 15.2 Å². The van der Waals surface area contributed by atoms with Crippen molar-refractivity contribution in [2.75, 3.05) is 34.4 Å². The number of sulfonamides is 1. The van der Waals surface area contributed by atoms with Gasteiger partial charge in [0.1, 0.15) is 16.4 Å². The lowest BCUT2D eigenvalue weighted by Gasteiger charge is -2.18. The molecule has 0 fully saturated rings. The summed E-state index contributed by atoms with van der Waals surface area (Å²) in [6.45, 7) is 0.506. The molecule has 1 rings (SSSR count). The topological polar surface area (TPSA) is 81.9 Å². The molecule has 0 bridgehead atoms. The quantitative estimate of drug-likeness (QED) is 0.806. The van der Waals surface area contributed by atoms with Gasteiger partial charge in [0, 0.05) is 26.2 Å². The third-order valence-corrected chi connectivity index (χ3v) is 4.40. The molecule has 6 nitrogen and oxygen atoms in total. The minimum absolute atomic E-state index is 0.0988. The number of rotatable bonds is 6. The minimum atomic E-state index is -3.60. The van der Waals surface area contributed by atoms with Crippen LogP contribution in [0, 0.1) is 0 Å². The summed E-state index contributed by atoms with van der Waals surface area (Å²) in [5.74, 6) is 0.783. The smallest absolute Gasteiger partial charge is 0.246 e. The number of methoxy groups -OCH3 is 2. The SMILES string of the molecule is COc1ccc(S(=O)(=O)N(C)CCN)c(OC)c1. The summed E-state index contributed by atoms with van der Waals surface area (Å²) in [6.07, 6.45) is 0. The summed E-state index contributed by atoms with van der Waals surface area (Å²) in [6, 6.07) is 4.56. The highest BCUT2D eigenvalue weighted by Gasteiger charge is 2.24. The van der Waals surface area contributed by atoms with Crippen LogP contribution >= 0.6 is 0 Å². The summed E-state index contributed by atoms with van der Waals surface area (Å²) >= 11 is 0. The lowest BCUT2D eigenvalue weighted by Crippen LogP contribution is -2.32. The van der Waals surface area contributed by atoms with Gasteiger partial charge in [-0.05, 0) is 12.1 Å². The second-order valence-corrected chi connectivity index (χ2v) is 5.65. The summed E-state index contributed by atoms with van der Waals surface area (Å²) < 4.78 is 35.8. The molecule has 0 radical (unpaired) electrons. The number of hydrogen-bond donors (Lipinski definition) is 1. The standard InChI is InChI=1S/C11H18N2O4S/c1-13(7-6-12)18(14,15)11-5-4-9(16-2)8-10(11)17-3/h4-5,8H,6-7,12H2,1-3H3. The predicted molar refractivity (Wildman–Crippen MR) is 68.4 cm³/mol. The molecule has 0 aliphatic rings. The van der Waals surface area contributed by atoms with Gasteiger partial charge in [-0.15, -0.1) is 0 Å². The zero-order chi connectivity index (χ0) is 13.8. The number of nitrogens with zero attached hydrogens (tertiary/aromatic N) is 1. The van der Waals surface area contributed by atoms with Crippen molar-refractivity contribution in [1.29, 1.82) is 0 Å². The van der Waals surface area contributed by atoms with Crippen molar-refractivity contribution in [3.63, 3.8) is 0 Å². The van der Waals surface area contributed by atoms with Gasteiger partial charge in [0.25, 0.3) is 0 Å². The van der Waals surface area contributed by atoms with Gasteiger partial charge in [-0.1, -0.05) is 0 Å². The van der Waals surface area contributed by atoms with Crippen LogP contribution < -0.4 is 15.2 Å². The Morgan fingerprint density at radius 2 is 1.94 bits per heavy atom. The van der Waals surface area contributed by atoms with Crippen molar-refractivity contribution in [2.45, 2.75) is 4.90 Å². The van der Waals surface area contributed by atoms with Gasteiger partial charge < -0.3 is 15.2 Å². The van der Waals surface area contributed by atoms with Crippen LogP contribution in [0.1, 0.15) is 0 Å². The number of nitrogens with two attached hydrogens (primary N) is 1. The molecule has 2 N–H and O–H groups in total. The van der Waals surface area contributed by atoms with Crippen molar-refractivity contribution in [3.05, 3.63) is 18.2 Å². The van der Waals surface area contributed by atoms with Crippen LogP contribution in [-0.2, 0) is 10.0 Å². The highest BCUT2D eigenvalue weighted by Crippen LogP contribution is 2.29. The zero-order valence-electron chi connectivity index (χ0n) is 10.7. The lowest BCUT2D eigenvalue weighted by atomic mass is 10.3. The van der Waals surface area contributed by atoms with Crippen molar-refractivity contribution < 1.29 is 17.9 Å². The maximum absolute atomic E-state index is 12.3. The molecule has 0 saturated heterocycles. The Balaban J connectivity index is 3.23. The predicted octanol–water partition coefficient (Wildman–Crippen LogP) is 0.283. The summed E-state index contributed by atoms with van der Waals surface area (Å²) in [5.41, 5.74) is 5.36. The Labute approximate surface area is 107 Å². The molecule has 0 aromatic heterocycles. The van der Waals surface area contributed by atoms with Gasteiger partial charge in [-0.3, -0.25) is 0 Å². The number of hydrogen-bond acceptors (Lipinski definition) is 5. The molecule has 102 valence electrons. The van der Waals surface area contributed by atoms with E-state index >= 15 is 0 Å². The van der Waals surface area contributed by atoms with Crippen LogP contribution in [-0.4, -0.2) is 47.1 Å². The maximum atomic E-state index is 12.3. The van der Waals surface area contributed by atoms with E-state index in [2.05, 4.69) is 0 Å². The second kappa shape index (κ2) is 6.03. The van der Waals surface area contributed by atoms with Crippen LogP contribution in [0.4, 0.5) is 0 Å². The van der Waals surface area contributed by atoms with E-state index in [0.717, 1.165) is 0 Å². The Morgan fingerprint density at radius 1 is 1.28 bits per heavy atom. The molecule has 0 aliphatic carbocycles. The highest BCUT2D eigenvalue weighted by atomic mass is 32.2. The van der Waals surface area contributed by atoms with Crippen LogP contribution in [0.25, 0.3) is 0 Å². The summed E-state index contributed by atoms with van der Waals surface area (Å²) in [4.78, 5) is 0.0988. The van der Waals surface area contributed by atoms with Crippen LogP contribution in [0.2, 0.25) is 0 Å². The van der Waals surface area contributed by atoms with E-state index in [0.29, 0.717) is 5.75 Å². The molecule has 0 heterocycles. The maximum Gasteiger partial charge on any atom is 0.246 e. The fourth-order valence-corrected chi connectivity index (χ4v) is 2.78. The van der Waals surface area contributed by atoms with Crippen LogP contribution in [0.5, 0.6) is 11.5 Å². The first kappa shape index (κ1) is 14.7. The van der Waals surface area contributed by atoms with Gasteiger partial charge in [-0.2, -0.15) is 4.31 Å². The molecule has 0 atom stereocenters. The van der Waals surface area contributed by atoms with Gasteiger partial charge >= 0.3 is 0 Å². The first-order valence-electron chi connectivity index (χ1n) is 5.35. The number of likely N-dealkylation sites (N-methyl/N-ethyl adjacent to an activating group) is 1. The van der Waals surface area contributed by atoms with Crippen LogP contribution in [0.15, 0.2) is 23.1 Å². The van der Waals surface area contributed by atoms with Gasteiger partial charge in [0.2, 0.25) is 10.0 Å². The zero-order valence-corrected chi connectivity index (χ0v) is 11.5. The van der Waals surface area contributed by atoms with Gasteiger partial charge in [0.05, 0.1) is 14.2 Å². The van der Waals surface area contributed by atoms with Crippen molar-refractivity contribution in [3.8, 4) is 11.5 Å². The molecule has 0 spiro atoms. The normalized spacial score (nSPS) is 11.6. The third kappa shape index (κ3) is 2.92. The fourth-order valence-electron chi connectivity index (χ4n) is 1.46. The Morgan fingerprint density at radius 3 is 2.44 bits per heavy atom. The van der Waals surface area contributed by atoms with E-state index < -0.39 is 10.0 Å². The molecule has 1 aromatic rings. The van der Waals surface area contributed by atoms with Crippen molar-refractivity contribution in [2.24, 2.45) is 5.73 Å². The van der Waals surface area contributed by atoms with E-state index in [1.54, 1.807) is 6.07 Å². The van der Waals surface area contributed by atoms with Crippen molar-refractivity contribution >= 4 is 10.0 Å². The average molecular weight is 274 g/mol. The molecular weight excluding hydrogens is 256 g/mol. The van der Waals surface area contributed by atoms with Gasteiger partial charge in [0.15, 0.2) is 0 Å². The van der Waals surface area contributed by atoms with E-state index in [1.807, 2.05) is 0 Å². The monoisotopic (exact) mass is 274 g/mol. The summed E-state index contributed by atoms with van der Waals surface area (Å²) in [5, 5.41) is 0. The first-order valence-corrected chi connectivity index (χ1v) is 6.79. The van der Waals surface area contributed by atoms with Crippen LogP contribution in [0.3, 0.4) is 0 Å². The molecule has 7 heteroatoms. The molecule has 0 saturated carbocycles. The summed E-state index contributed by atoms with van der Waals surface area (Å²) in [7, 11) is 0.799. The molecule has 18 heavy (non-hydrogen) atoms. The molecule has 0 amide bonds. The number of ether oxygens (including phenoxy) is 2. The Bertz CT molecular complexity index is 502. The molecular formula is C11H18N2O4S. The van der Waals surface area contributed by atoms with E-state index in [1.165, 1.54) is 37.7 Å². The van der Waals surface area contributed by atoms with E-state index in [9.17, 15) is 8.42 Å². The minimum Gasteiger partial charge on any atom is -0.497 e. The Hall–Kier alpha value is -1.31. The molecule has 1 aromatic carbocycles. The molecule has 0 aliphatic heterocycles. The Kier molecular flexibility index (Phi) is 4.94. The fraction of sp³-hybridized carbons (Fsp3) is 0.455. The molecule has 0 unspecified atom stereocenters. The largest absolute Gasteiger partial charge is 0.497 e. The number of benzene rings is 1. The highest BCUT2D eigenvalue weighted by molar-refractivity contribution is 7.89. The lowest BCUT2D eigenvalue weighted by molar-refractivity contribution is 0.383. The third-order valence-electron chi connectivity index (χ3n) is 2.50.